The van der Waals surface area contributed by atoms with Crippen molar-refractivity contribution in [2.45, 2.75) is 19.8 Å². The maximum Gasteiger partial charge on any atom is 0.338 e. The third-order valence-electron chi connectivity index (χ3n) is 4.11. The number of ether oxygens (including phenoxy) is 1. The van der Waals surface area contributed by atoms with Crippen molar-refractivity contribution in [2.75, 3.05) is 6.61 Å². The molecule has 0 bridgehead atoms. The molecule has 1 heterocycles. The first-order valence-electron chi connectivity index (χ1n) is 8.51. The molecule has 0 spiro atoms. The van der Waals surface area contributed by atoms with Crippen LogP contribution in [-0.2, 0) is 9.53 Å². The molecule has 3 rings (SSSR count). The van der Waals surface area contributed by atoms with Gasteiger partial charge in [0.1, 0.15) is 0 Å². The Kier molecular flexibility index (Phi) is 6.02. The first-order valence-corrected chi connectivity index (χ1v) is 9.26. The molecule has 0 radical (unpaired) electrons. The summed E-state index contributed by atoms with van der Waals surface area (Å²) in [5.41, 5.74) is 2.12. The van der Waals surface area contributed by atoms with Gasteiger partial charge in [0.2, 0.25) is 0 Å². The van der Waals surface area contributed by atoms with Crippen LogP contribution in [0.15, 0.2) is 54.7 Å². The summed E-state index contributed by atoms with van der Waals surface area (Å²) in [6.07, 6.45) is 5.26. The van der Waals surface area contributed by atoms with Gasteiger partial charge in [0.15, 0.2) is 0 Å². The van der Waals surface area contributed by atoms with E-state index in [4.69, 9.17) is 27.9 Å². The summed E-state index contributed by atoms with van der Waals surface area (Å²) in [7, 11) is 0. The Labute approximate surface area is 162 Å². The first-order chi connectivity index (χ1) is 12.6. The van der Waals surface area contributed by atoms with Crippen LogP contribution in [-0.4, -0.2) is 12.6 Å². The third kappa shape index (κ3) is 3.95. The molecule has 1 aliphatic heterocycles. The van der Waals surface area contributed by atoms with E-state index in [1.54, 1.807) is 18.3 Å². The number of nitrogens with one attached hydrogen (secondary N) is 1. The smallest absolute Gasteiger partial charge is 0.338 e. The molecule has 134 valence electrons. The van der Waals surface area contributed by atoms with Gasteiger partial charge in [-0.15, -0.1) is 0 Å². The Morgan fingerprint density at radius 3 is 2.69 bits per heavy atom. The minimum Gasteiger partial charge on any atom is -0.462 e. The van der Waals surface area contributed by atoms with E-state index in [1.165, 1.54) is 0 Å². The molecule has 3 nitrogen and oxygen atoms in total. The Balaban J connectivity index is 2.24. The van der Waals surface area contributed by atoms with E-state index in [2.05, 4.69) is 12.2 Å². The first kappa shape index (κ1) is 18.6. The van der Waals surface area contributed by atoms with E-state index in [-0.39, 0.29) is 5.97 Å². The number of hydrogen-bond acceptors (Lipinski definition) is 3. The van der Waals surface area contributed by atoms with Crippen molar-refractivity contribution in [2.24, 2.45) is 0 Å². The van der Waals surface area contributed by atoms with Crippen LogP contribution < -0.4 is 15.8 Å². The van der Waals surface area contributed by atoms with E-state index >= 15 is 0 Å². The topological polar surface area (TPSA) is 38.3 Å². The summed E-state index contributed by atoms with van der Waals surface area (Å²) in [5, 5.41) is 5.99. The molecule has 0 saturated carbocycles. The molecule has 1 aliphatic rings. The highest BCUT2D eigenvalue weighted by molar-refractivity contribution is 6.32. The van der Waals surface area contributed by atoms with Gasteiger partial charge < -0.3 is 10.1 Å². The molecule has 0 saturated heterocycles. The molecular weight excluding hydrogens is 369 g/mol. The standard InChI is InChI=1S/C21H19Cl2NO2/c1-2-3-12-26-21(25)16-10-11-24-20(17-6-4-5-7-19(17)23)18-13-14(22)8-9-15(16)18/h4-11,13,24H,2-3,12H2,1H3. The van der Waals surface area contributed by atoms with Gasteiger partial charge in [-0.05, 0) is 35.9 Å². The molecule has 0 amide bonds. The molecule has 2 aromatic rings. The van der Waals surface area contributed by atoms with Crippen LogP contribution in [0.5, 0.6) is 0 Å². The van der Waals surface area contributed by atoms with Crippen molar-refractivity contribution in [3.8, 4) is 0 Å². The van der Waals surface area contributed by atoms with Crippen molar-refractivity contribution in [3.05, 3.63) is 80.8 Å². The van der Waals surface area contributed by atoms with Crippen LogP contribution in [0.25, 0.3) is 11.3 Å². The summed E-state index contributed by atoms with van der Waals surface area (Å²) in [6.45, 7) is 2.46. The molecule has 0 aromatic heterocycles. The van der Waals surface area contributed by atoms with Gasteiger partial charge in [0.25, 0.3) is 0 Å². The number of unbranched alkanes of at least 4 members (excludes halogenated alkanes) is 1. The molecule has 26 heavy (non-hydrogen) atoms. The Morgan fingerprint density at radius 2 is 1.92 bits per heavy atom. The number of carbonyl (C=O) groups excluding carboxylic acids is 1. The van der Waals surface area contributed by atoms with Gasteiger partial charge >= 0.3 is 5.97 Å². The fourth-order valence-corrected chi connectivity index (χ4v) is 3.19. The minimum absolute atomic E-state index is 0.347. The summed E-state index contributed by atoms with van der Waals surface area (Å²) >= 11 is 12.6. The summed E-state index contributed by atoms with van der Waals surface area (Å²) in [5.74, 6) is -0.347. The third-order valence-corrected chi connectivity index (χ3v) is 4.68. The quantitative estimate of drug-likeness (QED) is 0.626. The van der Waals surface area contributed by atoms with Gasteiger partial charge in [-0.3, -0.25) is 0 Å². The molecule has 1 N–H and O–H groups in total. The lowest BCUT2D eigenvalue weighted by atomic mass is 10.1. The van der Waals surface area contributed by atoms with Gasteiger partial charge in [0, 0.05) is 27.0 Å². The minimum atomic E-state index is -0.347. The molecule has 0 atom stereocenters. The maximum atomic E-state index is 12.6. The fraction of sp³-hybridized carbons (Fsp3) is 0.190. The maximum absolute atomic E-state index is 12.6. The van der Waals surface area contributed by atoms with Crippen LogP contribution in [0.1, 0.15) is 25.3 Å². The molecule has 0 unspecified atom stereocenters. The van der Waals surface area contributed by atoms with Crippen LogP contribution >= 0.6 is 23.2 Å². The average Bonchev–Trinajstić information content (AvgIpc) is 2.81. The molecule has 0 fully saturated rings. The predicted octanol–water partition coefficient (Wildman–Crippen LogP) is 3.76. The summed E-state index contributed by atoms with van der Waals surface area (Å²) in [6, 6.07) is 13.0. The summed E-state index contributed by atoms with van der Waals surface area (Å²) in [4.78, 5) is 12.6. The monoisotopic (exact) mass is 387 g/mol. The molecule has 0 aliphatic carbocycles. The van der Waals surface area contributed by atoms with Crippen molar-refractivity contribution in [1.29, 1.82) is 0 Å². The van der Waals surface area contributed by atoms with E-state index in [9.17, 15) is 4.79 Å². The van der Waals surface area contributed by atoms with Crippen LogP contribution in [0.4, 0.5) is 0 Å². The normalized spacial score (nSPS) is 13.0. The van der Waals surface area contributed by atoms with Crippen LogP contribution in [0.2, 0.25) is 10.0 Å². The SMILES string of the molecule is CCCCOC(=O)C1=c2ccc(Cl)cc2=C(c2ccccc2Cl)NC=C1. The number of halogens is 2. The Bertz CT molecular complexity index is 980. The zero-order chi connectivity index (χ0) is 18.5. The van der Waals surface area contributed by atoms with Crippen molar-refractivity contribution < 1.29 is 9.53 Å². The zero-order valence-corrected chi connectivity index (χ0v) is 15.9. The predicted molar refractivity (Wildman–Crippen MR) is 106 cm³/mol. The Morgan fingerprint density at radius 1 is 1.12 bits per heavy atom. The van der Waals surface area contributed by atoms with Crippen LogP contribution in [0.3, 0.4) is 0 Å². The van der Waals surface area contributed by atoms with Gasteiger partial charge in [-0.25, -0.2) is 4.79 Å². The van der Waals surface area contributed by atoms with Crippen molar-refractivity contribution >= 4 is 40.4 Å². The highest BCUT2D eigenvalue weighted by atomic mass is 35.5. The van der Waals surface area contributed by atoms with E-state index in [0.717, 1.165) is 34.5 Å². The Hall–Kier alpha value is -2.23. The lowest BCUT2D eigenvalue weighted by molar-refractivity contribution is -0.136. The number of fused-ring (bicyclic) bond motifs is 1. The van der Waals surface area contributed by atoms with E-state index in [1.807, 2.05) is 36.4 Å². The van der Waals surface area contributed by atoms with E-state index < -0.39 is 0 Å². The lowest BCUT2D eigenvalue weighted by Crippen LogP contribution is -2.33. The number of benzene rings is 2. The van der Waals surface area contributed by atoms with Crippen molar-refractivity contribution in [1.82, 2.24) is 5.32 Å². The number of carbonyl (C=O) groups is 1. The lowest BCUT2D eigenvalue weighted by Gasteiger charge is -2.09. The van der Waals surface area contributed by atoms with Crippen LogP contribution in [0, 0.1) is 0 Å². The number of hydrogen-bond donors (Lipinski definition) is 1. The average molecular weight is 388 g/mol. The zero-order valence-electron chi connectivity index (χ0n) is 14.4. The molecule has 2 aromatic carbocycles. The molecule has 5 heteroatoms. The second-order valence-electron chi connectivity index (χ2n) is 5.93. The highest BCUT2D eigenvalue weighted by Gasteiger charge is 2.15. The number of esters is 1. The fourth-order valence-electron chi connectivity index (χ4n) is 2.79. The van der Waals surface area contributed by atoms with Gasteiger partial charge in [-0.1, -0.05) is 60.8 Å². The summed E-state index contributed by atoms with van der Waals surface area (Å²) < 4.78 is 5.41. The van der Waals surface area contributed by atoms with Crippen molar-refractivity contribution in [3.63, 3.8) is 0 Å². The van der Waals surface area contributed by atoms with Gasteiger partial charge in [-0.2, -0.15) is 0 Å². The van der Waals surface area contributed by atoms with Gasteiger partial charge in [0.05, 0.1) is 17.9 Å². The molecular formula is C21H19Cl2NO2. The number of rotatable bonds is 5. The highest BCUT2D eigenvalue weighted by Crippen LogP contribution is 2.21. The largest absolute Gasteiger partial charge is 0.462 e. The second-order valence-corrected chi connectivity index (χ2v) is 6.77. The second kappa shape index (κ2) is 8.43. The van der Waals surface area contributed by atoms with E-state index in [0.29, 0.717) is 22.2 Å².